The second-order valence-corrected chi connectivity index (χ2v) is 10.9. The summed E-state index contributed by atoms with van der Waals surface area (Å²) in [5, 5.41) is 5.30. The topological polar surface area (TPSA) is 110 Å². The molecule has 8 nitrogen and oxygen atoms in total. The van der Waals surface area contributed by atoms with Crippen molar-refractivity contribution in [1.29, 1.82) is 0 Å². The van der Waals surface area contributed by atoms with Crippen LogP contribution in [0.2, 0.25) is 5.02 Å². The lowest BCUT2D eigenvalue weighted by atomic mass is 10.1. The first kappa shape index (κ1) is 27.1. The van der Waals surface area contributed by atoms with Gasteiger partial charge in [0, 0.05) is 48.7 Å². The number of hydrogen-bond donors (Lipinski definition) is 1. The molecule has 1 amide bonds. The molecule has 1 fully saturated rings. The minimum absolute atomic E-state index is 0.0659. The average Bonchev–Trinajstić information content (AvgIpc) is 2.75. The lowest BCUT2D eigenvalue weighted by molar-refractivity contribution is -0.139. The van der Waals surface area contributed by atoms with Gasteiger partial charge in [-0.15, -0.1) is 0 Å². The SMILES string of the molecule is C[C@@H]1CN(Cc2ccc(F)cc2)[C@@H](C)CN1C(=O)COc1ccc(Cl)cc1CC(=O)CS(N)(=O)=O. The number of primary sulfonamides is 1. The number of piperazine rings is 1. The van der Waals surface area contributed by atoms with E-state index >= 15 is 0 Å². The predicted molar refractivity (Wildman–Crippen MR) is 131 cm³/mol. The number of carbonyl (C=O) groups excluding carboxylic acids is 2. The van der Waals surface area contributed by atoms with Crippen LogP contribution in [0.15, 0.2) is 42.5 Å². The molecule has 0 unspecified atom stereocenters. The second kappa shape index (κ2) is 11.5. The fourth-order valence-corrected chi connectivity index (χ4v) is 4.87. The van der Waals surface area contributed by atoms with Gasteiger partial charge in [-0.05, 0) is 49.7 Å². The Labute approximate surface area is 209 Å². The maximum Gasteiger partial charge on any atom is 0.260 e. The van der Waals surface area contributed by atoms with Gasteiger partial charge in [-0.2, -0.15) is 0 Å². The molecule has 1 aliphatic heterocycles. The van der Waals surface area contributed by atoms with Crippen molar-refractivity contribution in [3.05, 3.63) is 64.4 Å². The minimum Gasteiger partial charge on any atom is -0.483 e. The molecule has 0 aliphatic carbocycles. The zero-order valence-corrected chi connectivity index (χ0v) is 21.2. The third-order valence-corrected chi connectivity index (χ3v) is 6.82. The molecule has 0 bridgehead atoms. The van der Waals surface area contributed by atoms with Crippen molar-refractivity contribution < 1.29 is 27.1 Å². The summed E-state index contributed by atoms with van der Waals surface area (Å²) in [5.41, 5.74) is 1.38. The van der Waals surface area contributed by atoms with Crippen LogP contribution < -0.4 is 9.88 Å². The smallest absolute Gasteiger partial charge is 0.260 e. The van der Waals surface area contributed by atoms with E-state index in [0.717, 1.165) is 5.56 Å². The number of nitrogens with zero attached hydrogens (tertiary/aromatic N) is 2. The highest BCUT2D eigenvalue weighted by Gasteiger charge is 2.32. The summed E-state index contributed by atoms with van der Waals surface area (Å²) in [5.74, 6) is -1.60. The monoisotopic (exact) mass is 525 g/mol. The van der Waals surface area contributed by atoms with Crippen molar-refractivity contribution in [2.45, 2.75) is 38.9 Å². The first-order valence-corrected chi connectivity index (χ1v) is 13.2. The molecule has 0 saturated carbocycles. The lowest BCUT2D eigenvalue weighted by Gasteiger charge is -2.44. The van der Waals surface area contributed by atoms with Gasteiger partial charge in [-0.25, -0.2) is 17.9 Å². The number of ether oxygens (including phenoxy) is 1. The molecule has 1 aliphatic rings. The maximum atomic E-state index is 13.2. The fourth-order valence-electron chi connectivity index (χ4n) is 4.13. The number of halogens is 2. The molecule has 0 radical (unpaired) electrons. The Hall–Kier alpha value is -2.53. The molecule has 1 heterocycles. The van der Waals surface area contributed by atoms with Crippen molar-refractivity contribution in [3.63, 3.8) is 0 Å². The third kappa shape index (κ3) is 7.99. The van der Waals surface area contributed by atoms with Crippen LogP contribution in [0.25, 0.3) is 0 Å². The lowest BCUT2D eigenvalue weighted by Crippen LogP contribution is -2.58. The Balaban J connectivity index is 1.60. The largest absolute Gasteiger partial charge is 0.483 e. The van der Waals surface area contributed by atoms with E-state index in [9.17, 15) is 22.4 Å². The van der Waals surface area contributed by atoms with Gasteiger partial charge in [0.15, 0.2) is 12.4 Å². The number of rotatable bonds is 9. The Bertz CT molecular complexity index is 1180. The highest BCUT2D eigenvalue weighted by Crippen LogP contribution is 2.25. The zero-order chi connectivity index (χ0) is 25.8. The van der Waals surface area contributed by atoms with Crippen LogP contribution in [0.5, 0.6) is 5.75 Å². The molecule has 0 aromatic heterocycles. The van der Waals surface area contributed by atoms with Crippen LogP contribution in [-0.2, 0) is 32.6 Å². The molecule has 11 heteroatoms. The Morgan fingerprint density at radius 2 is 1.80 bits per heavy atom. The number of benzene rings is 2. The number of amides is 1. The summed E-state index contributed by atoms with van der Waals surface area (Å²) >= 11 is 6.02. The van der Waals surface area contributed by atoms with Gasteiger partial charge in [0.2, 0.25) is 10.0 Å². The van der Waals surface area contributed by atoms with E-state index in [-0.39, 0.29) is 42.6 Å². The van der Waals surface area contributed by atoms with Gasteiger partial charge < -0.3 is 9.64 Å². The van der Waals surface area contributed by atoms with Gasteiger partial charge in [-0.3, -0.25) is 14.5 Å². The number of Topliss-reactive ketones (excluding diaryl/α,β-unsaturated/α-hetero) is 1. The van der Waals surface area contributed by atoms with E-state index in [2.05, 4.69) is 4.90 Å². The molecule has 2 aromatic rings. The Kier molecular flexibility index (Phi) is 8.87. The fraction of sp³-hybridized carbons (Fsp3) is 0.417. The highest BCUT2D eigenvalue weighted by atomic mass is 35.5. The molecular formula is C24H29ClFN3O5S. The van der Waals surface area contributed by atoms with Crippen LogP contribution in [-0.4, -0.2) is 67.4 Å². The van der Waals surface area contributed by atoms with E-state index in [4.69, 9.17) is 21.5 Å². The van der Waals surface area contributed by atoms with Crippen molar-refractivity contribution in [2.75, 3.05) is 25.4 Å². The highest BCUT2D eigenvalue weighted by molar-refractivity contribution is 7.89. The maximum absolute atomic E-state index is 13.2. The summed E-state index contributed by atoms with van der Waals surface area (Å²) in [4.78, 5) is 29.1. The van der Waals surface area contributed by atoms with Crippen LogP contribution >= 0.6 is 11.6 Å². The van der Waals surface area contributed by atoms with Crippen molar-refractivity contribution in [2.24, 2.45) is 5.14 Å². The number of hydrogen-bond acceptors (Lipinski definition) is 6. The van der Waals surface area contributed by atoms with Gasteiger partial charge in [0.05, 0.1) is 0 Å². The molecule has 1 saturated heterocycles. The van der Waals surface area contributed by atoms with E-state index in [1.165, 1.54) is 18.2 Å². The number of ketones is 1. The van der Waals surface area contributed by atoms with Gasteiger partial charge in [0.1, 0.15) is 17.3 Å². The summed E-state index contributed by atoms with van der Waals surface area (Å²) in [6.45, 7) is 5.56. The first-order valence-electron chi connectivity index (χ1n) is 11.1. The Morgan fingerprint density at radius 1 is 1.11 bits per heavy atom. The molecule has 3 rings (SSSR count). The van der Waals surface area contributed by atoms with Gasteiger partial charge in [0.25, 0.3) is 5.91 Å². The summed E-state index contributed by atoms with van der Waals surface area (Å²) < 4.78 is 41.3. The number of sulfonamides is 1. The molecule has 0 spiro atoms. The third-order valence-electron chi connectivity index (χ3n) is 5.86. The van der Waals surface area contributed by atoms with Crippen molar-refractivity contribution in [1.82, 2.24) is 9.80 Å². The van der Waals surface area contributed by atoms with E-state index < -0.39 is 21.6 Å². The molecule has 2 atom stereocenters. The number of nitrogens with two attached hydrogens (primary N) is 1. The van der Waals surface area contributed by atoms with Crippen molar-refractivity contribution >= 4 is 33.3 Å². The normalized spacial score (nSPS) is 18.9. The molecule has 2 aromatic carbocycles. The van der Waals surface area contributed by atoms with Crippen LogP contribution in [0, 0.1) is 5.82 Å². The summed E-state index contributed by atoms with van der Waals surface area (Å²) in [6, 6.07) is 11.0. The van der Waals surface area contributed by atoms with Crippen LogP contribution in [0.3, 0.4) is 0 Å². The first-order chi connectivity index (χ1) is 16.4. The number of carbonyl (C=O) groups is 2. The van der Waals surface area contributed by atoms with Crippen molar-refractivity contribution in [3.8, 4) is 5.75 Å². The predicted octanol–water partition coefficient (Wildman–Crippen LogP) is 2.38. The summed E-state index contributed by atoms with van der Waals surface area (Å²) in [6.07, 6.45) is -0.240. The minimum atomic E-state index is -3.95. The van der Waals surface area contributed by atoms with E-state index in [0.29, 0.717) is 30.2 Å². The van der Waals surface area contributed by atoms with Gasteiger partial charge >= 0.3 is 0 Å². The summed E-state index contributed by atoms with van der Waals surface area (Å²) in [7, 11) is -3.95. The van der Waals surface area contributed by atoms with Crippen LogP contribution in [0.1, 0.15) is 25.0 Å². The zero-order valence-electron chi connectivity index (χ0n) is 19.6. The molecule has 190 valence electrons. The molecule has 35 heavy (non-hydrogen) atoms. The van der Waals surface area contributed by atoms with Crippen LogP contribution in [0.4, 0.5) is 4.39 Å². The molecule has 2 N–H and O–H groups in total. The molecular weight excluding hydrogens is 497 g/mol. The van der Waals surface area contributed by atoms with E-state index in [1.54, 1.807) is 29.2 Å². The second-order valence-electron chi connectivity index (χ2n) is 8.86. The van der Waals surface area contributed by atoms with E-state index in [1.807, 2.05) is 13.8 Å². The average molecular weight is 526 g/mol. The standard InChI is InChI=1S/C24H29ClFN3O5S/c1-16-12-29(17(2)11-28(16)13-18-3-6-21(26)7-4-18)24(31)14-34-23-8-5-20(25)9-19(23)10-22(30)15-35(27,32)33/h3-9,16-17H,10-15H2,1-2H3,(H2,27,32,33)/t16-,17+/m0/s1. The van der Waals surface area contributed by atoms with Gasteiger partial charge in [-0.1, -0.05) is 23.7 Å². The Morgan fingerprint density at radius 3 is 2.46 bits per heavy atom. The quantitative estimate of drug-likeness (QED) is 0.538.